The van der Waals surface area contributed by atoms with Crippen molar-refractivity contribution in [3.05, 3.63) is 28.8 Å². The number of para-hydroxylation sites is 1. The lowest BCUT2D eigenvalue weighted by molar-refractivity contribution is 0.0374. The second-order valence-electron chi connectivity index (χ2n) is 4.31. The Balaban J connectivity index is 1.79. The molecule has 0 amide bonds. The number of morpholine rings is 1. The highest BCUT2D eigenvalue weighted by Gasteiger charge is 2.10. The highest BCUT2D eigenvalue weighted by Crippen LogP contribution is 2.27. The van der Waals surface area contributed by atoms with Gasteiger partial charge in [-0.25, -0.2) is 0 Å². The van der Waals surface area contributed by atoms with Gasteiger partial charge in [0.1, 0.15) is 5.75 Å². The van der Waals surface area contributed by atoms with Crippen LogP contribution in [0.3, 0.4) is 0 Å². The van der Waals surface area contributed by atoms with Gasteiger partial charge in [0.15, 0.2) is 0 Å². The first-order valence-electron chi connectivity index (χ1n) is 6.04. The number of aromatic hydroxyl groups is 1. The van der Waals surface area contributed by atoms with Crippen LogP contribution in [-0.2, 0) is 11.2 Å². The van der Waals surface area contributed by atoms with Crippen molar-refractivity contribution in [2.75, 3.05) is 32.8 Å². The third kappa shape index (κ3) is 3.60. The molecule has 1 N–H and O–H groups in total. The first kappa shape index (κ1) is 12.7. The standard InChI is InChI=1S/C13H18ClNO2/c14-12-5-1-3-11(13(12)16)4-2-6-15-7-9-17-10-8-15/h1,3,5,16H,2,4,6-10H2. The van der Waals surface area contributed by atoms with Gasteiger partial charge in [-0.3, -0.25) is 4.90 Å². The van der Waals surface area contributed by atoms with Crippen LogP contribution >= 0.6 is 11.6 Å². The number of rotatable bonds is 4. The molecule has 1 aromatic carbocycles. The molecule has 0 unspecified atom stereocenters. The normalized spacial score (nSPS) is 17.2. The Labute approximate surface area is 107 Å². The molecule has 0 aromatic heterocycles. The van der Waals surface area contributed by atoms with E-state index >= 15 is 0 Å². The Morgan fingerprint density at radius 1 is 1.29 bits per heavy atom. The maximum atomic E-state index is 9.77. The molecule has 0 aliphatic carbocycles. The quantitative estimate of drug-likeness (QED) is 0.896. The van der Waals surface area contributed by atoms with Crippen LogP contribution in [0.15, 0.2) is 18.2 Å². The Hall–Kier alpha value is -0.770. The summed E-state index contributed by atoms with van der Waals surface area (Å²) < 4.78 is 5.30. The van der Waals surface area contributed by atoms with E-state index in [1.807, 2.05) is 12.1 Å². The molecule has 0 radical (unpaired) electrons. The van der Waals surface area contributed by atoms with Gasteiger partial charge in [-0.15, -0.1) is 0 Å². The van der Waals surface area contributed by atoms with E-state index in [2.05, 4.69) is 4.90 Å². The molecule has 0 spiro atoms. The lowest BCUT2D eigenvalue weighted by Gasteiger charge is -2.26. The second-order valence-corrected chi connectivity index (χ2v) is 4.71. The predicted octanol–water partition coefficient (Wildman–Crippen LogP) is 2.31. The summed E-state index contributed by atoms with van der Waals surface area (Å²) >= 11 is 5.86. The maximum Gasteiger partial charge on any atom is 0.137 e. The zero-order valence-electron chi connectivity index (χ0n) is 9.86. The molecule has 2 rings (SSSR count). The van der Waals surface area contributed by atoms with Crippen LogP contribution in [0.4, 0.5) is 0 Å². The minimum absolute atomic E-state index is 0.233. The fourth-order valence-corrected chi connectivity index (χ4v) is 2.27. The fraction of sp³-hybridized carbons (Fsp3) is 0.538. The topological polar surface area (TPSA) is 32.7 Å². The molecule has 1 saturated heterocycles. The first-order chi connectivity index (χ1) is 8.27. The van der Waals surface area contributed by atoms with Crippen LogP contribution in [0.5, 0.6) is 5.75 Å². The van der Waals surface area contributed by atoms with E-state index in [0.717, 1.165) is 51.3 Å². The number of ether oxygens (including phenoxy) is 1. The number of benzene rings is 1. The largest absolute Gasteiger partial charge is 0.506 e. The van der Waals surface area contributed by atoms with Crippen LogP contribution in [0.25, 0.3) is 0 Å². The second kappa shape index (κ2) is 6.24. The molecule has 1 aliphatic rings. The summed E-state index contributed by atoms with van der Waals surface area (Å²) in [5.74, 6) is 0.233. The van der Waals surface area contributed by atoms with E-state index in [0.29, 0.717) is 5.02 Å². The molecule has 17 heavy (non-hydrogen) atoms. The summed E-state index contributed by atoms with van der Waals surface area (Å²) in [6, 6.07) is 5.52. The van der Waals surface area contributed by atoms with Gasteiger partial charge >= 0.3 is 0 Å². The maximum absolute atomic E-state index is 9.77. The summed E-state index contributed by atoms with van der Waals surface area (Å²) in [4.78, 5) is 2.39. The molecular formula is C13H18ClNO2. The number of phenols is 1. The molecule has 4 heteroatoms. The number of hydrogen-bond acceptors (Lipinski definition) is 3. The minimum Gasteiger partial charge on any atom is -0.506 e. The number of nitrogens with zero attached hydrogens (tertiary/aromatic N) is 1. The van der Waals surface area contributed by atoms with Crippen LogP contribution < -0.4 is 0 Å². The zero-order valence-corrected chi connectivity index (χ0v) is 10.6. The Morgan fingerprint density at radius 3 is 2.82 bits per heavy atom. The van der Waals surface area contributed by atoms with Gasteiger partial charge in [0.05, 0.1) is 18.2 Å². The molecule has 1 fully saturated rings. The Kier molecular flexibility index (Phi) is 4.66. The summed E-state index contributed by atoms with van der Waals surface area (Å²) in [6.07, 6.45) is 1.90. The SMILES string of the molecule is Oc1c(Cl)cccc1CCCN1CCOCC1. The minimum atomic E-state index is 0.233. The highest BCUT2D eigenvalue weighted by molar-refractivity contribution is 6.32. The average Bonchev–Trinajstić information content (AvgIpc) is 2.36. The lowest BCUT2D eigenvalue weighted by atomic mass is 10.1. The molecule has 3 nitrogen and oxygen atoms in total. The first-order valence-corrected chi connectivity index (χ1v) is 6.41. The van der Waals surface area contributed by atoms with E-state index in [-0.39, 0.29) is 5.75 Å². The van der Waals surface area contributed by atoms with Crippen molar-refractivity contribution >= 4 is 11.6 Å². The van der Waals surface area contributed by atoms with Crippen LogP contribution in [-0.4, -0.2) is 42.9 Å². The van der Waals surface area contributed by atoms with Crippen LogP contribution in [0, 0.1) is 0 Å². The third-order valence-corrected chi connectivity index (χ3v) is 3.40. The van der Waals surface area contributed by atoms with Crippen molar-refractivity contribution in [3.63, 3.8) is 0 Å². The number of aryl methyl sites for hydroxylation is 1. The predicted molar refractivity (Wildman–Crippen MR) is 68.7 cm³/mol. The van der Waals surface area contributed by atoms with Crippen molar-refractivity contribution in [3.8, 4) is 5.75 Å². The van der Waals surface area contributed by atoms with Crippen molar-refractivity contribution < 1.29 is 9.84 Å². The molecule has 1 aliphatic heterocycles. The van der Waals surface area contributed by atoms with Crippen LogP contribution in [0.1, 0.15) is 12.0 Å². The summed E-state index contributed by atoms with van der Waals surface area (Å²) in [5, 5.41) is 10.2. The van der Waals surface area contributed by atoms with E-state index in [1.165, 1.54) is 0 Å². The zero-order chi connectivity index (χ0) is 12.1. The molecule has 94 valence electrons. The summed E-state index contributed by atoms with van der Waals surface area (Å²) in [5.41, 5.74) is 0.936. The number of halogens is 1. The van der Waals surface area contributed by atoms with E-state index in [1.54, 1.807) is 6.07 Å². The van der Waals surface area contributed by atoms with Crippen molar-refractivity contribution in [1.29, 1.82) is 0 Å². The third-order valence-electron chi connectivity index (χ3n) is 3.09. The smallest absolute Gasteiger partial charge is 0.137 e. The van der Waals surface area contributed by atoms with Gasteiger partial charge in [-0.2, -0.15) is 0 Å². The van der Waals surface area contributed by atoms with Gasteiger partial charge in [0.2, 0.25) is 0 Å². The molecule has 1 aromatic rings. The lowest BCUT2D eigenvalue weighted by Crippen LogP contribution is -2.36. The summed E-state index contributed by atoms with van der Waals surface area (Å²) in [6.45, 7) is 4.75. The Morgan fingerprint density at radius 2 is 2.06 bits per heavy atom. The van der Waals surface area contributed by atoms with Gasteiger partial charge in [-0.1, -0.05) is 23.7 Å². The van der Waals surface area contributed by atoms with E-state index in [4.69, 9.17) is 16.3 Å². The summed E-state index contributed by atoms with van der Waals surface area (Å²) in [7, 11) is 0. The van der Waals surface area contributed by atoms with Crippen molar-refractivity contribution in [2.24, 2.45) is 0 Å². The number of hydrogen-bond donors (Lipinski definition) is 1. The molecule has 0 saturated carbocycles. The Bertz CT molecular complexity index is 364. The van der Waals surface area contributed by atoms with E-state index < -0.39 is 0 Å². The monoisotopic (exact) mass is 255 g/mol. The van der Waals surface area contributed by atoms with Crippen LogP contribution in [0.2, 0.25) is 5.02 Å². The molecular weight excluding hydrogens is 238 g/mol. The molecule has 0 atom stereocenters. The van der Waals surface area contributed by atoms with Gasteiger partial charge in [0, 0.05) is 13.1 Å². The van der Waals surface area contributed by atoms with Crippen molar-refractivity contribution in [2.45, 2.75) is 12.8 Å². The van der Waals surface area contributed by atoms with Gasteiger partial charge in [-0.05, 0) is 31.0 Å². The molecule has 0 bridgehead atoms. The average molecular weight is 256 g/mol. The van der Waals surface area contributed by atoms with Gasteiger partial charge in [0.25, 0.3) is 0 Å². The fourth-order valence-electron chi connectivity index (χ4n) is 2.08. The van der Waals surface area contributed by atoms with Gasteiger partial charge < -0.3 is 9.84 Å². The van der Waals surface area contributed by atoms with Crippen molar-refractivity contribution in [1.82, 2.24) is 4.90 Å². The molecule has 1 heterocycles. The number of phenolic OH excluding ortho intramolecular Hbond substituents is 1. The highest BCUT2D eigenvalue weighted by atomic mass is 35.5. The van der Waals surface area contributed by atoms with E-state index in [9.17, 15) is 5.11 Å².